The van der Waals surface area contributed by atoms with Crippen molar-refractivity contribution in [3.05, 3.63) is 119 Å². The zero-order valence-corrected chi connectivity index (χ0v) is 23.8. The molecule has 0 aromatic heterocycles. The standard InChI is InChI=1S/C33H34B2N2O5/c1-36(18-24-9-3-7-13-32(24)34(39)40)20-30-26-11-5-6-12-27(26)31(29-17-23(22-38)15-16-28(29)30)21-37(2)19-25-10-4-8-14-33(25)35(41)42/h3-17,22,39-42H,18-21H2,1-2H3. The third kappa shape index (κ3) is 6.32. The molecule has 0 unspecified atom stereocenters. The van der Waals surface area contributed by atoms with Gasteiger partial charge in [-0.25, -0.2) is 0 Å². The summed E-state index contributed by atoms with van der Waals surface area (Å²) >= 11 is 0. The monoisotopic (exact) mass is 560 g/mol. The molecule has 0 amide bonds. The molecule has 4 N–H and O–H groups in total. The molecule has 42 heavy (non-hydrogen) atoms. The summed E-state index contributed by atoms with van der Waals surface area (Å²) in [6, 6.07) is 28.7. The van der Waals surface area contributed by atoms with Crippen LogP contribution in [0.15, 0.2) is 91.0 Å². The Morgan fingerprint density at radius 2 is 1.00 bits per heavy atom. The number of hydrogen-bond donors (Lipinski definition) is 4. The molecule has 7 nitrogen and oxygen atoms in total. The molecule has 9 heteroatoms. The number of benzene rings is 5. The molecule has 0 heterocycles. The van der Waals surface area contributed by atoms with Gasteiger partial charge < -0.3 is 20.1 Å². The van der Waals surface area contributed by atoms with Crippen LogP contribution < -0.4 is 10.9 Å². The van der Waals surface area contributed by atoms with Gasteiger partial charge in [0.25, 0.3) is 0 Å². The highest BCUT2D eigenvalue weighted by molar-refractivity contribution is 6.59. The molecule has 0 spiro atoms. The van der Waals surface area contributed by atoms with Crippen molar-refractivity contribution in [3.8, 4) is 0 Å². The SMILES string of the molecule is CN(Cc1ccccc1B(O)O)Cc1c2ccccc2c(CN(C)Cc2ccccc2B(O)O)c2cc(C=O)ccc12. The van der Waals surface area contributed by atoms with Crippen molar-refractivity contribution in [1.29, 1.82) is 0 Å². The number of rotatable bonds is 11. The Labute approximate surface area is 246 Å². The van der Waals surface area contributed by atoms with Gasteiger partial charge in [0.2, 0.25) is 0 Å². The van der Waals surface area contributed by atoms with E-state index in [1.807, 2.05) is 68.7 Å². The first-order valence-electron chi connectivity index (χ1n) is 13.9. The lowest BCUT2D eigenvalue weighted by Gasteiger charge is -2.25. The van der Waals surface area contributed by atoms with E-state index < -0.39 is 14.2 Å². The Morgan fingerprint density at radius 3 is 1.48 bits per heavy atom. The van der Waals surface area contributed by atoms with Crippen LogP contribution >= 0.6 is 0 Å². The summed E-state index contributed by atoms with van der Waals surface area (Å²) in [4.78, 5) is 16.1. The highest BCUT2D eigenvalue weighted by Gasteiger charge is 2.21. The van der Waals surface area contributed by atoms with Crippen molar-refractivity contribution >= 4 is 53.0 Å². The van der Waals surface area contributed by atoms with E-state index in [9.17, 15) is 24.9 Å². The van der Waals surface area contributed by atoms with Gasteiger partial charge in [-0.1, -0.05) is 84.9 Å². The van der Waals surface area contributed by atoms with Gasteiger partial charge >= 0.3 is 14.2 Å². The van der Waals surface area contributed by atoms with Crippen LogP contribution in [0, 0.1) is 0 Å². The average Bonchev–Trinajstić information content (AvgIpc) is 2.98. The lowest BCUT2D eigenvalue weighted by atomic mass is 9.77. The van der Waals surface area contributed by atoms with Crippen LogP contribution in [-0.2, 0) is 26.2 Å². The van der Waals surface area contributed by atoms with Gasteiger partial charge in [-0.2, -0.15) is 0 Å². The molecule has 5 rings (SSSR count). The molecule has 0 bridgehead atoms. The fourth-order valence-corrected chi connectivity index (χ4v) is 5.88. The fraction of sp³-hybridized carbons (Fsp3) is 0.182. The summed E-state index contributed by atoms with van der Waals surface area (Å²) in [5.74, 6) is 0. The highest BCUT2D eigenvalue weighted by Crippen LogP contribution is 2.35. The first-order valence-corrected chi connectivity index (χ1v) is 13.9. The van der Waals surface area contributed by atoms with Crippen LogP contribution in [0.3, 0.4) is 0 Å². The van der Waals surface area contributed by atoms with E-state index in [2.05, 4.69) is 21.9 Å². The van der Waals surface area contributed by atoms with Crippen LogP contribution in [-0.4, -0.2) is 64.5 Å². The van der Waals surface area contributed by atoms with Gasteiger partial charge in [-0.05, 0) is 74.9 Å². The minimum atomic E-state index is -1.55. The summed E-state index contributed by atoms with van der Waals surface area (Å²) in [5, 5.41) is 43.7. The molecule has 5 aromatic carbocycles. The van der Waals surface area contributed by atoms with Gasteiger partial charge in [0.1, 0.15) is 6.29 Å². The smallest absolute Gasteiger partial charge is 0.423 e. The van der Waals surface area contributed by atoms with Gasteiger partial charge in [0, 0.05) is 31.7 Å². The molecule has 212 valence electrons. The Hall–Kier alpha value is -3.82. The number of fused-ring (bicyclic) bond motifs is 2. The zero-order valence-electron chi connectivity index (χ0n) is 23.8. The van der Waals surface area contributed by atoms with Gasteiger partial charge in [-0.3, -0.25) is 14.6 Å². The van der Waals surface area contributed by atoms with Crippen molar-refractivity contribution in [2.24, 2.45) is 0 Å². The molecule has 0 fully saturated rings. The Morgan fingerprint density at radius 1 is 0.571 bits per heavy atom. The second-order valence-electron chi connectivity index (χ2n) is 10.9. The second-order valence-corrected chi connectivity index (χ2v) is 10.9. The van der Waals surface area contributed by atoms with Gasteiger partial charge in [0.05, 0.1) is 0 Å². The van der Waals surface area contributed by atoms with Crippen LogP contribution in [0.2, 0.25) is 0 Å². The number of hydrogen-bond acceptors (Lipinski definition) is 7. The molecule has 0 aliphatic heterocycles. The summed E-state index contributed by atoms with van der Waals surface area (Å²) < 4.78 is 0. The minimum absolute atomic E-state index is 0.482. The van der Waals surface area contributed by atoms with Gasteiger partial charge in [-0.15, -0.1) is 0 Å². The van der Waals surface area contributed by atoms with Crippen LogP contribution in [0.4, 0.5) is 0 Å². The molecule has 0 saturated heterocycles. The molecule has 0 saturated carbocycles. The number of carbonyl (C=O) groups excluding carboxylic acids is 1. The van der Waals surface area contributed by atoms with E-state index in [4.69, 9.17) is 0 Å². The lowest BCUT2D eigenvalue weighted by Crippen LogP contribution is -2.35. The normalized spacial score (nSPS) is 11.5. The molecule has 0 radical (unpaired) electrons. The largest absolute Gasteiger partial charge is 0.488 e. The van der Waals surface area contributed by atoms with E-state index >= 15 is 0 Å². The maximum absolute atomic E-state index is 11.8. The maximum Gasteiger partial charge on any atom is 0.488 e. The Balaban J connectivity index is 1.56. The molecule has 5 aromatic rings. The molecule has 0 aliphatic carbocycles. The lowest BCUT2D eigenvalue weighted by molar-refractivity contribution is 0.112. The van der Waals surface area contributed by atoms with Crippen LogP contribution in [0.5, 0.6) is 0 Å². The van der Waals surface area contributed by atoms with E-state index in [1.54, 1.807) is 24.3 Å². The van der Waals surface area contributed by atoms with E-state index in [0.717, 1.165) is 50.1 Å². The summed E-state index contributed by atoms with van der Waals surface area (Å²) in [6.07, 6.45) is 0.865. The average molecular weight is 560 g/mol. The number of carbonyl (C=O) groups is 1. The molecule has 0 aliphatic rings. The molecule has 0 atom stereocenters. The van der Waals surface area contributed by atoms with Crippen LogP contribution in [0.1, 0.15) is 32.6 Å². The van der Waals surface area contributed by atoms with Crippen molar-refractivity contribution in [3.63, 3.8) is 0 Å². The quantitative estimate of drug-likeness (QED) is 0.112. The maximum atomic E-state index is 11.8. The molecular weight excluding hydrogens is 526 g/mol. The number of nitrogens with zero attached hydrogens (tertiary/aromatic N) is 2. The predicted octanol–water partition coefficient (Wildman–Crippen LogP) is 2.43. The van der Waals surface area contributed by atoms with Crippen molar-refractivity contribution < 1.29 is 24.9 Å². The summed E-state index contributed by atoms with van der Waals surface area (Å²) in [5.41, 5.74) is 5.47. The minimum Gasteiger partial charge on any atom is -0.423 e. The first kappa shape index (κ1) is 29.7. The van der Waals surface area contributed by atoms with Gasteiger partial charge in [0.15, 0.2) is 0 Å². The fourth-order valence-electron chi connectivity index (χ4n) is 5.88. The highest BCUT2D eigenvalue weighted by atomic mass is 16.4. The third-order valence-corrected chi connectivity index (χ3v) is 7.81. The first-order chi connectivity index (χ1) is 20.3. The second kappa shape index (κ2) is 13.0. The van der Waals surface area contributed by atoms with E-state index in [1.165, 1.54) is 0 Å². The summed E-state index contributed by atoms with van der Waals surface area (Å²) in [7, 11) is 0.923. The van der Waals surface area contributed by atoms with Crippen molar-refractivity contribution in [2.45, 2.75) is 26.2 Å². The van der Waals surface area contributed by atoms with Crippen molar-refractivity contribution in [1.82, 2.24) is 9.80 Å². The topological polar surface area (TPSA) is 104 Å². The third-order valence-electron chi connectivity index (χ3n) is 7.81. The molecular formula is C33H34B2N2O5. The Kier molecular flexibility index (Phi) is 9.18. The summed E-state index contributed by atoms with van der Waals surface area (Å²) in [6.45, 7) is 2.21. The zero-order chi connectivity index (χ0) is 29.8. The van der Waals surface area contributed by atoms with Crippen molar-refractivity contribution in [2.75, 3.05) is 14.1 Å². The predicted molar refractivity (Wildman–Crippen MR) is 170 cm³/mol. The van der Waals surface area contributed by atoms with E-state index in [0.29, 0.717) is 42.7 Å². The van der Waals surface area contributed by atoms with Crippen LogP contribution in [0.25, 0.3) is 21.5 Å². The van der Waals surface area contributed by atoms with E-state index in [-0.39, 0.29) is 0 Å². The number of aldehydes is 1. The Bertz CT molecular complexity index is 1730.